The highest BCUT2D eigenvalue weighted by atomic mass is 32.1. The van der Waals surface area contributed by atoms with Crippen LogP contribution in [0, 0.1) is 6.92 Å². The molecule has 8 heteroatoms. The molecular formula is C23H18N2O5S. The van der Waals surface area contributed by atoms with E-state index in [4.69, 9.17) is 9.47 Å². The maximum atomic E-state index is 13.1. The fourth-order valence-corrected chi connectivity index (χ4v) is 4.44. The molecule has 1 atom stereocenters. The third-order valence-electron chi connectivity index (χ3n) is 5.28. The molecule has 1 saturated heterocycles. The summed E-state index contributed by atoms with van der Waals surface area (Å²) in [5, 5.41) is 13.3. The molecule has 1 fully saturated rings. The van der Waals surface area contributed by atoms with E-state index in [9.17, 15) is 14.7 Å². The number of fused-ring (bicyclic) bond motifs is 1. The average molecular weight is 434 g/mol. The Morgan fingerprint density at radius 2 is 1.84 bits per heavy atom. The third-order valence-corrected chi connectivity index (χ3v) is 6.05. The number of amides is 1. The highest BCUT2D eigenvalue weighted by molar-refractivity contribution is 7.14. The summed E-state index contributed by atoms with van der Waals surface area (Å²) < 4.78 is 11.1. The highest BCUT2D eigenvalue weighted by Gasteiger charge is 2.48. The second-order valence-corrected chi connectivity index (χ2v) is 8.13. The van der Waals surface area contributed by atoms with E-state index in [1.165, 1.54) is 16.2 Å². The van der Waals surface area contributed by atoms with Gasteiger partial charge in [0.1, 0.15) is 19.0 Å². The summed E-state index contributed by atoms with van der Waals surface area (Å²) in [6, 6.07) is 11.7. The molecule has 3 aromatic rings. The number of thiazole rings is 1. The van der Waals surface area contributed by atoms with Crippen LogP contribution >= 0.6 is 11.3 Å². The number of aromatic nitrogens is 1. The lowest BCUT2D eigenvalue weighted by atomic mass is 9.94. The molecule has 5 rings (SSSR count). The minimum absolute atomic E-state index is 0.0146. The Bertz CT molecular complexity index is 1200. The summed E-state index contributed by atoms with van der Waals surface area (Å²) in [4.78, 5) is 31.6. The maximum absolute atomic E-state index is 13.1. The first-order chi connectivity index (χ1) is 15.0. The first kappa shape index (κ1) is 19.3. The number of benzene rings is 2. The van der Waals surface area contributed by atoms with Crippen LogP contribution in [0.15, 0.2) is 59.6 Å². The first-order valence-corrected chi connectivity index (χ1v) is 10.6. The van der Waals surface area contributed by atoms with Crippen molar-refractivity contribution in [2.24, 2.45) is 0 Å². The maximum Gasteiger partial charge on any atom is 0.301 e. The smallest absolute Gasteiger partial charge is 0.301 e. The van der Waals surface area contributed by atoms with Crippen LogP contribution < -0.4 is 14.4 Å². The van der Waals surface area contributed by atoms with Gasteiger partial charge < -0.3 is 14.6 Å². The van der Waals surface area contributed by atoms with Crippen LogP contribution in [0.2, 0.25) is 0 Å². The Labute approximate surface area is 182 Å². The van der Waals surface area contributed by atoms with Crippen molar-refractivity contribution in [3.05, 3.63) is 76.3 Å². The normalized spacial score (nSPS) is 19.6. The highest BCUT2D eigenvalue weighted by Crippen LogP contribution is 2.43. The van der Waals surface area contributed by atoms with Gasteiger partial charge in [0, 0.05) is 17.1 Å². The minimum atomic E-state index is -0.792. The molecule has 2 aliphatic heterocycles. The Morgan fingerprint density at radius 1 is 1.10 bits per heavy atom. The third kappa shape index (κ3) is 3.25. The van der Waals surface area contributed by atoms with Crippen LogP contribution in [0.25, 0.3) is 5.76 Å². The van der Waals surface area contributed by atoms with Gasteiger partial charge in [-0.15, -0.1) is 11.3 Å². The molecule has 1 N–H and O–H groups in total. The molecule has 7 nitrogen and oxygen atoms in total. The molecule has 2 aromatic carbocycles. The van der Waals surface area contributed by atoms with Gasteiger partial charge in [-0.1, -0.05) is 29.8 Å². The molecule has 1 amide bonds. The SMILES string of the molecule is Cc1ccc([C@@H]2C(=C(O)c3ccc4c(c3)OCCO4)C(=O)C(=O)N2c2nccs2)cc1. The number of carbonyl (C=O) groups excluding carboxylic acids is 2. The number of rotatable bonds is 3. The quantitative estimate of drug-likeness (QED) is 0.383. The van der Waals surface area contributed by atoms with E-state index >= 15 is 0 Å². The van der Waals surface area contributed by atoms with E-state index in [-0.39, 0.29) is 11.3 Å². The largest absolute Gasteiger partial charge is 0.507 e. The first-order valence-electron chi connectivity index (χ1n) is 9.71. The van der Waals surface area contributed by atoms with Crippen LogP contribution in [-0.2, 0) is 9.59 Å². The van der Waals surface area contributed by atoms with Gasteiger partial charge in [0.2, 0.25) is 0 Å². The number of nitrogens with zero attached hydrogens (tertiary/aromatic N) is 2. The fraction of sp³-hybridized carbons (Fsp3) is 0.174. The van der Waals surface area contributed by atoms with Crippen LogP contribution in [0.4, 0.5) is 5.13 Å². The van der Waals surface area contributed by atoms with E-state index in [0.717, 1.165) is 5.56 Å². The van der Waals surface area contributed by atoms with Gasteiger partial charge in [-0.05, 0) is 30.7 Å². The van der Waals surface area contributed by atoms with Gasteiger partial charge in [-0.3, -0.25) is 14.5 Å². The molecule has 3 heterocycles. The molecule has 0 unspecified atom stereocenters. The monoisotopic (exact) mass is 434 g/mol. The zero-order chi connectivity index (χ0) is 21.5. The average Bonchev–Trinajstić information content (AvgIpc) is 3.40. The molecule has 0 bridgehead atoms. The molecule has 0 saturated carbocycles. The summed E-state index contributed by atoms with van der Waals surface area (Å²) in [6.45, 7) is 2.80. The van der Waals surface area contributed by atoms with E-state index in [2.05, 4.69) is 4.98 Å². The molecule has 31 heavy (non-hydrogen) atoms. The fourth-order valence-electron chi connectivity index (χ4n) is 3.78. The zero-order valence-corrected chi connectivity index (χ0v) is 17.4. The van der Waals surface area contributed by atoms with E-state index in [1.807, 2.05) is 31.2 Å². The predicted molar refractivity (Wildman–Crippen MR) is 116 cm³/mol. The van der Waals surface area contributed by atoms with Crippen molar-refractivity contribution in [1.29, 1.82) is 0 Å². The van der Waals surface area contributed by atoms with Crippen LogP contribution in [0.3, 0.4) is 0 Å². The second kappa shape index (κ2) is 7.55. The van der Waals surface area contributed by atoms with Crippen molar-refractivity contribution < 1.29 is 24.2 Å². The predicted octanol–water partition coefficient (Wildman–Crippen LogP) is 3.85. The molecule has 1 aromatic heterocycles. The number of aryl methyl sites for hydroxylation is 1. The van der Waals surface area contributed by atoms with Crippen molar-refractivity contribution in [1.82, 2.24) is 4.98 Å². The van der Waals surface area contributed by atoms with Crippen molar-refractivity contribution in [3.8, 4) is 11.5 Å². The van der Waals surface area contributed by atoms with Crippen molar-refractivity contribution in [2.75, 3.05) is 18.1 Å². The Hall–Kier alpha value is -3.65. The second-order valence-electron chi connectivity index (χ2n) is 7.25. The van der Waals surface area contributed by atoms with Gasteiger partial charge in [-0.2, -0.15) is 0 Å². The molecule has 0 spiro atoms. The summed E-state index contributed by atoms with van der Waals surface area (Å²) in [6.07, 6.45) is 1.58. The lowest BCUT2D eigenvalue weighted by molar-refractivity contribution is -0.132. The minimum Gasteiger partial charge on any atom is -0.507 e. The Kier molecular flexibility index (Phi) is 4.71. The Balaban J connectivity index is 1.68. The van der Waals surface area contributed by atoms with Gasteiger partial charge in [0.25, 0.3) is 5.78 Å². The van der Waals surface area contributed by atoms with Gasteiger partial charge in [0.05, 0.1) is 11.6 Å². The zero-order valence-electron chi connectivity index (χ0n) is 16.6. The summed E-state index contributed by atoms with van der Waals surface area (Å²) in [5.41, 5.74) is 2.14. The molecule has 2 aliphatic rings. The van der Waals surface area contributed by atoms with Gasteiger partial charge in [0.15, 0.2) is 16.6 Å². The van der Waals surface area contributed by atoms with Crippen LogP contribution in [-0.4, -0.2) is 35.0 Å². The number of anilines is 1. The molecular weight excluding hydrogens is 416 g/mol. The van der Waals surface area contributed by atoms with Crippen molar-refractivity contribution in [3.63, 3.8) is 0 Å². The Morgan fingerprint density at radius 3 is 2.55 bits per heavy atom. The van der Waals surface area contributed by atoms with Crippen LogP contribution in [0.5, 0.6) is 11.5 Å². The standard InChI is InChI=1S/C23H18N2O5S/c1-13-2-4-14(5-3-13)19-18(21(27)22(28)25(19)23-24-8-11-31-23)20(26)15-6-7-16-17(12-15)30-10-9-29-16/h2-8,11-12,19,26H,9-10H2,1H3/t19-/m1/s1. The van der Waals surface area contributed by atoms with E-state index < -0.39 is 17.7 Å². The molecule has 156 valence electrons. The lowest BCUT2D eigenvalue weighted by Crippen LogP contribution is -2.29. The van der Waals surface area contributed by atoms with Gasteiger partial charge >= 0.3 is 5.91 Å². The summed E-state index contributed by atoms with van der Waals surface area (Å²) in [7, 11) is 0. The van der Waals surface area contributed by atoms with E-state index in [0.29, 0.717) is 41.0 Å². The topological polar surface area (TPSA) is 89.0 Å². The van der Waals surface area contributed by atoms with Crippen molar-refractivity contribution >= 4 is 33.9 Å². The molecule has 0 aliphatic carbocycles. The van der Waals surface area contributed by atoms with Crippen LogP contribution in [0.1, 0.15) is 22.7 Å². The molecule has 0 radical (unpaired) electrons. The number of hydrogen-bond acceptors (Lipinski definition) is 7. The number of aliphatic hydroxyl groups excluding tert-OH is 1. The summed E-state index contributed by atoms with van der Waals surface area (Å²) in [5.74, 6) is -0.690. The number of ether oxygens (including phenoxy) is 2. The number of hydrogen-bond donors (Lipinski definition) is 1. The number of ketones is 1. The number of Topliss-reactive ketones (excluding diaryl/α,β-unsaturated/α-hetero) is 1. The number of carbonyl (C=O) groups is 2. The van der Waals surface area contributed by atoms with Crippen molar-refractivity contribution in [2.45, 2.75) is 13.0 Å². The van der Waals surface area contributed by atoms with E-state index in [1.54, 1.807) is 29.8 Å². The summed E-state index contributed by atoms with van der Waals surface area (Å²) >= 11 is 1.26. The van der Waals surface area contributed by atoms with Gasteiger partial charge in [-0.25, -0.2) is 4.98 Å². The number of aliphatic hydroxyl groups is 1. The lowest BCUT2D eigenvalue weighted by Gasteiger charge is -2.23.